The Balaban J connectivity index is 2.19. The van der Waals surface area contributed by atoms with Gasteiger partial charge in [0.25, 0.3) is 0 Å². The van der Waals surface area contributed by atoms with Gasteiger partial charge in [0.2, 0.25) is 0 Å². The molecule has 2 aromatic rings. The summed E-state index contributed by atoms with van der Waals surface area (Å²) in [7, 11) is 1.39. The summed E-state index contributed by atoms with van der Waals surface area (Å²) < 4.78 is 34.6. The summed E-state index contributed by atoms with van der Waals surface area (Å²) in [6, 6.07) is 10.0. The molecular formula is C14H13ClF2N2O2. The molecule has 0 aliphatic heterocycles. The lowest BCUT2D eigenvalue weighted by atomic mass is 10.2. The average Bonchev–Trinajstić information content (AvgIpc) is 2.45. The lowest BCUT2D eigenvalue weighted by Gasteiger charge is -2.15. The minimum absolute atomic E-state index is 0.00419. The molecule has 0 fully saturated rings. The quantitative estimate of drug-likeness (QED) is 0.820. The van der Waals surface area contributed by atoms with Crippen molar-refractivity contribution in [3.05, 3.63) is 47.1 Å². The van der Waals surface area contributed by atoms with Crippen LogP contribution in [-0.2, 0) is 6.54 Å². The molecule has 0 saturated carbocycles. The van der Waals surface area contributed by atoms with Gasteiger partial charge in [0, 0.05) is 12.1 Å². The smallest absolute Gasteiger partial charge is 0.387 e. The van der Waals surface area contributed by atoms with E-state index >= 15 is 0 Å². The zero-order valence-corrected chi connectivity index (χ0v) is 11.9. The van der Waals surface area contributed by atoms with E-state index in [2.05, 4.69) is 15.0 Å². The Bertz CT molecular complexity index is 611. The number of nitrogens with zero attached hydrogens (tertiary/aromatic N) is 1. The molecule has 0 spiro atoms. The van der Waals surface area contributed by atoms with Crippen LogP contribution < -0.4 is 14.8 Å². The van der Waals surface area contributed by atoms with E-state index < -0.39 is 6.61 Å². The van der Waals surface area contributed by atoms with Crippen molar-refractivity contribution in [2.45, 2.75) is 13.2 Å². The standard InChI is InChI=1S/C14H13ClF2N2O2/c1-20-10-5-2-4-9(13(10)21-14(16)17)8-18-12-7-3-6-11(15)19-12/h2-7,14H,8H2,1H3,(H,18,19). The van der Waals surface area contributed by atoms with Crippen molar-refractivity contribution >= 4 is 17.4 Å². The van der Waals surface area contributed by atoms with Crippen LogP contribution in [0.4, 0.5) is 14.6 Å². The van der Waals surface area contributed by atoms with Crippen LogP contribution in [0.1, 0.15) is 5.56 Å². The summed E-state index contributed by atoms with van der Waals surface area (Å²) in [6.07, 6.45) is 0. The highest BCUT2D eigenvalue weighted by atomic mass is 35.5. The summed E-state index contributed by atoms with van der Waals surface area (Å²) in [4.78, 5) is 4.06. The monoisotopic (exact) mass is 314 g/mol. The van der Waals surface area contributed by atoms with E-state index in [1.165, 1.54) is 7.11 Å². The molecule has 0 aliphatic carbocycles. The zero-order valence-electron chi connectivity index (χ0n) is 11.1. The van der Waals surface area contributed by atoms with Gasteiger partial charge < -0.3 is 14.8 Å². The molecule has 1 N–H and O–H groups in total. The van der Waals surface area contributed by atoms with E-state index in [0.717, 1.165) is 0 Å². The van der Waals surface area contributed by atoms with Crippen molar-refractivity contribution < 1.29 is 18.3 Å². The molecular weight excluding hydrogens is 302 g/mol. The number of methoxy groups -OCH3 is 1. The maximum Gasteiger partial charge on any atom is 0.387 e. The summed E-state index contributed by atoms with van der Waals surface area (Å²) in [6.45, 7) is -2.68. The van der Waals surface area contributed by atoms with Gasteiger partial charge in [-0.25, -0.2) is 4.98 Å². The van der Waals surface area contributed by atoms with Gasteiger partial charge in [-0.3, -0.25) is 0 Å². The van der Waals surface area contributed by atoms with Crippen LogP contribution in [0.3, 0.4) is 0 Å². The summed E-state index contributed by atoms with van der Waals surface area (Å²) >= 11 is 5.78. The van der Waals surface area contributed by atoms with Crippen molar-refractivity contribution in [1.29, 1.82) is 0 Å². The molecule has 112 valence electrons. The van der Waals surface area contributed by atoms with E-state index in [-0.39, 0.29) is 18.0 Å². The second-order valence-corrected chi connectivity index (χ2v) is 4.41. The van der Waals surface area contributed by atoms with Crippen LogP contribution in [-0.4, -0.2) is 18.7 Å². The van der Waals surface area contributed by atoms with Gasteiger partial charge in [0.15, 0.2) is 11.5 Å². The minimum atomic E-state index is -2.93. The Morgan fingerprint density at radius 1 is 1.24 bits per heavy atom. The van der Waals surface area contributed by atoms with E-state index in [4.69, 9.17) is 16.3 Å². The first-order valence-corrected chi connectivity index (χ1v) is 6.45. The summed E-state index contributed by atoms with van der Waals surface area (Å²) in [5.41, 5.74) is 0.524. The third-order valence-electron chi connectivity index (χ3n) is 2.66. The topological polar surface area (TPSA) is 43.4 Å². The molecule has 0 unspecified atom stereocenters. The SMILES string of the molecule is COc1cccc(CNc2cccc(Cl)n2)c1OC(F)F. The minimum Gasteiger partial charge on any atom is -0.493 e. The van der Waals surface area contributed by atoms with Gasteiger partial charge in [-0.05, 0) is 18.2 Å². The molecule has 0 amide bonds. The van der Waals surface area contributed by atoms with Crippen LogP contribution in [0.25, 0.3) is 0 Å². The number of nitrogens with one attached hydrogen (secondary N) is 1. The van der Waals surface area contributed by atoms with Crippen LogP contribution >= 0.6 is 11.6 Å². The average molecular weight is 315 g/mol. The summed E-state index contributed by atoms with van der Waals surface area (Å²) in [5, 5.41) is 3.33. The number of hydrogen-bond acceptors (Lipinski definition) is 4. The Morgan fingerprint density at radius 3 is 2.67 bits per heavy atom. The van der Waals surface area contributed by atoms with Gasteiger partial charge in [0.05, 0.1) is 7.11 Å². The van der Waals surface area contributed by atoms with Gasteiger partial charge in [-0.15, -0.1) is 0 Å². The molecule has 2 rings (SSSR count). The largest absolute Gasteiger partial charge is 0.493 e. The van der Waals surface area contributed by atoms with Gasteiger partial charge in [-0.1, -0.05) is 29.8 Å². The number of anilines is 1. The number of ether oxygens (including phenoxy) is 2. The molecule has 7 heteroatoms. The summed E-state index contributed by atoms with van der Waals surface area (Å²) in [5.74, 6) is 0.784. The van der Waals surface area contributed by atoms with E-state index in [1.54, 1.807) is 36.4 Å². The van der Waals surface area contributed by atoms with Gasteiger partial charge in [0.1, 0.15) is 11.0 Å². The highest BCUT2D eigenvalue weighted by Gasteiger charge is 2.15. The van der Waals surface area contributed by atoms with Crippen LogP contribution in [0.2, 0.25) is 5.15 Å². The van der Waals surface area contributed by atoms with Gasteiger partial charge >= 0.3 is 6.61 Å². The molecule has 0 atom stereocenters. The molecule has 21 heavy (non-hydrogen) atoms. The maximum atomic E-state index is 12.5. The number of para-hydroxylation sites is 1. The lowest BCUT2D eigenvalue weighted by molar-refractivity contribution is -0.0517. The molecule has 1 heterocycles. The fourth-order valence-corrected chi connectivity index (χ4v) is 1.94. The fourth-order valence-electron chi connectivity index (χ4n) is 1.78. The number of alkyl halides is 2. The van der Waals surface area contributed by atoms with Gasteiger partial charge in [-0.2, -0.15) is 8.78 Å². The van der Waals surface area contributed by atoms with Crippen molar-refractivity contribution in [1.82, 2.24) is 4.98 Å². The zero-order chi connectivity index (χ0) is 15.2. The molecule has 1 aromatic heterocycles. The second-order valence-electron chi connectivity index (χ2n) is 4.03. The number of rotatable bonds is 6. The van der Waals surface area contributed by atoms with Crippen molar-refractivity contribution in [3.63, 3.8) is 0 Å². The Hall–Kier alpha value is -2.08. The normalized spacial score (nSPS) is 10.5. The predicted molar refractivity (Wildman–Crippen MR) is 76.2 cm³/mol. The molecule has 0 radical (unpaired) electrons. The van der Waals surface area contributed by atoms with Crippen LogP contribution in [0.15, 0.2) is 36.4 Å². The first-order chi connectivity index (χ1) is 10.1. The van der Waals surface area contributed by atoms with E-state index in [9.17, 15) is 8.78 Å². The first kappa shape index (κ1) is 15.3. The Labute approximate surface area is 125 Å². The van der Waals surface area contributed by atoms with Crippen LogP contribution in [0.5, 0.6) is 11.5 Å². The Morgan fingerprint density at radius 2 is 2.00 bits per heavy atom. The van der Waals surface area contributed by atoms with Crippen molar-refractivity contribution in [2.24, 2.45) is 0 Å². The second kappa shape index (κ2) is 7.08. The first-order valence-electron chi connectivity index (χ1n) is 6.07. The van der Waals surface area contributed by atoms with Crippen molar-refractivity contribution in [3.8, 4) is 11.5 Å². The molecule has 0 bridgehead atoms. The number of benzene rings is 1. The predicted octanol–water partition coefficient (Wildman–Crippen LogP) is 3.96. The lowest BCUT2D eigenvalue weighted by Crippen LogP contribution is -2.09. The number of pyridine rings is 1. The van der Waals surface area contributed by atoms with E-state index in [0.29, 0.717) is 16.5 Å². The molecule has 0 saturated heterocycles. The molecule has 1 aromatic carbocycles. The fraction of sp³-hybridized carbons (Fsp3) is 0.214. The molecule has 4 nitrogen and oxygen atoms in total. The van der Waals surface area contributed by atoms with Crippen LogP contribution in [0, 0.1) is 0 Å². The van der Waals surface area contributed by atoms with E-state index in [1.807, 2.05) is 0 Å². The highest BCUT2D eigenvalue weighted by molar-refractivity contribution is 6.29. The third kappa shape index (κ3) is 4.19. The number of aromatic nitrogens is 1. The highest BCUT2D eigenvalue weighted by Crippen LogP contribution is 2.32. The Kier molecular flexibility index (Phi) is 5.16. The molecule has 0 aliphatic rings. The third-order valence-corrected chi connectivity index (χ3v) is 2.87. The van der Waals surface area contributed by atoms with Crippen molar-refractivity contribution in [2.75, 3.05) is 12.4 Å². The number of hydrogen-bond donors (Lipinski definition) is 1. The number of halogens is 3. The maximum absolute atomic E-state index is 12.5.